The molecular formula is C15H22FNO2. The molecule has 19 heavy (non-hydrogen) atoms. The first-order valence-electron chi connectivity index (χ1n) is 6.96. The van der Waals surface area contributed by atoms with Crippen molar-refractivity contribution < 1.29 is 14.2 Å². The Balaban J connectivity index is 1.71. The molecule has 1 heterocycles. The minimum absolute atomic E-state index is 0.0899. The second-order valence-corrected chi connectivity index (χ2v) is 5.00. The van der Waals surface area contributed by atoms with Crippen molar-refractivity contribution in [2.24, 2.45) is 0 Å². The van der Waals surface area contributed by atoms with Gasteiger partial charge in [-0.25, -0.2) is 4.39 Å². The molecule has 4 heteroatoms. The predicted molar refractivity (Wildman–Crippen MR) is 72.7 cm³/mol. The maximum atomic E-state index is 12.9. The Morgan fingerprint density at radius 2 is 1.84 bits per heavy atom. The van der Waals surface area contributed by atoms with E-state index in [1.165, 1.54) is 5.56 Å². The van der Waals surface area contributed by atoms with E-state index in [1.807, 2.05) is 12.1 Å². The van der Waals surface area contributed by atoms with Gasteiger partial charge in [-0.2, -0.15) is 0 Å². The van der Waals surface area contributed by atoms with Crippen LogP contribution in [0.25, 0.3) is 0 Å². The van der Waals surface area contributed by atoms with Gasteiger partial charge in [0.2, 0.25) is 0 Å². The molecule has 0 spiro atoms. The lowest BCUT2D eigenvalue weighted by atomic mass is 9.89. The van der Waals surface area contributed by atoms with Crippen LogP contribution in [0, 0.1) is 5.82 Å². The molecule has 1 aromatic carbocycles. The third-order valence-electron chi connectivity index (χ3n) is 3.72. The van der Waals surface area contributed by atoms with Gasteiger partial charge in [0.15, 0.2) is 0 Å². The van der Waals surface area contributed by atoms with Crippen LogP contribution >= 0.6 is 0 Å². The summed E-state index contributed by atoms with van der Waals surface area (Å²) in [5.41, 5.74) is 1.25. The van der Waals surface area contributed by atoms with E-state index in [2.05, 4.69) is 4.90 Å². The molecule has 0 bridgehead atoms. The predicted octanol–water partition coefficient (Wildman–Crippen LogP) is 2.01. The molecule has 1 N–H and O–H groups in total. The molecule has 0 aromatic heterocycles. The molecule has 0 saturated carbocycles. The van der Waals surface area contributed by atoms with Gasteiger partial charge < -0.3 is 14.7 Å². The van der Waals surface area contributed by atoms with Crippen LogP contribution in [0.5, 0.6) is 0 Å². The third kappa shape index (κ3) is 4.56. The van der Waals surface area contributed by atoms with Gasteiger partial charge in [0.1, 0.15) is 5.82 Å². The Morgan fingerprint density at radius 1 is 1.16 bits per heavy atom. The second-order valence-electron chi connectivity index (χ2n) is 5.00. The highest BCUT2D eigenvalue weighted by Crippen LogP contribution is 2.27. The Bertz CT molecular complexity index is 361. The number of hydrogen-bond donors (Lipinski definition) is 1. The molecule has 0 atom stereocenters. The maximum absolute atomic E-state index is 12.9. The lowest BCUT2D eigenvalue weighted by Crippen LogP contribution is -2.35. The summed E-state index contributed by atoms with van der Waals surface area (Å²) < 4.78 is 18.2. The SMILES string of the molecule is OCCOCCN1CCC(c2ccc(F)cc2)CC1. The molecule has 0 unspecified atom stereocenters. The fourth-order valence-electron chi connectivity index (χ4n) is 2.59. The average Bonchev–Trinajstić information content (AvgIpc) is 2.45. The molecule has 0 radical (unpaired) electrons. The molecule has 0 aliphatic carbocycles. The largest absolute Gasteiger partial charge is 0.394 e. The minimum atomic E-state index is -0.165. The summed E-state index contributed by atoms with van der Waals surface area (Å²) in [6.07, 6.45) is 2.23. The normalized spacial score (nSPS) is 17.8. The summed E-state index contributed by atoms with van der Waals surface area (Å²) in [5.74, 6) is 0.387. The van der Waals surface area contributed by atoms with Crippen molar-refractivity contribution >= 4 is 0 Å². The van der Waals surface area contributed by atoms with Gasteiger partial charge in [-0.1, -0.05) is 12.1 Å². The standard InChI is InChI=1S/C15H22FNO2/c16-15-3-1-13(2-4-15)14-5-7-17(8-6-14)9-11-19-12-10-18/h1-4,14,18H,5-12H2. The van der Waals surface area contributed by atoms with E-state index in [0.717, 1.165) is 32.5 Å². The van der Waals surface area contributed by atoms with Gasteiger partial charge in [0, 0.05) is 6.54 Å². The number of aliphatic hydroxyl groups excluding tert-OH is 1. The van der Waals surface area contributed by atoms with Crippen LogP contribution in [0.2, 0.25) is 0 Å². The van der Waals surface area contributed by atoms with Gasteiger partial charge >= 0.3 is 0 Å². The molecule has 1 fully saturated rings. The summed E-state index contributed by atoms with van der Waals surface area (Å²) in [4.78, 5) is 2.39. The van der Waals surface area contributed by atoms with Gasteiger partial charge in [-0.3, -0.25) is 0 Å². The lowest BCUT2D eigenvalue weighted by Gasteiger charge is -2.32. The molecule has 1 saturated heterocycles. The summed E-state index contributed by atoms with van der Waals surface area (Å²) in [5, 5.41) is 8.62. The van der Waals surface area contributed by atoms with Crippen molar-refractivity contribution in [1.82, 2.24) is 4.90 Å². The minimum Gasteiger partial charge on any atom is -0.394 e. The van der Waals surface area contributed by atoms with Gasteiger partial charge in [-0.15, -0.1) is 0 Å². The number of nitrogens with zero attached hydrogens (tertiary/aromatic N) is 1. The molecule has 1 aliphatic rings. The number of rotatable bonds is 6. The van der Waals surface area contributed by atoms with Crippen LogP contribution in [0.15, 0.2) is 24.3 Å². The smallest absolute Gasteiger partial charge is 0.123 e. The number of piperidine rings is 1. The number of benzene rings is 1. The summed E-state index contributed by atoms with van der Waals surface area (Å²) in [6.45, 7) is 4.24. The van der Waals surface area contributed by atoms with E-state index in [0.29, 0.717) is 19.1 Å². The first-order chi connectivity index (χ1) is 9.29. The number of hydrogen-bond acceptors (Lipinski definition) is 3. The summed E-state index contributed by atoms with van der Waals surface area (Å²) in [7, 11) is 0. The molecule has 106 valence electrons. The zero-order chi connectivity index (χ0) is 13.5. The van der Waals surface area contributed by atoms with Crippen molar-refractivity contribution in [1.29, 1.82) is 0 Å². The molecular weight excluding hydrogens is 245 g/mol. The van der Waals surface area contributed by atoms with Crippen LogP contribution in [-0.2, 0) is 4.74 Å². The number of halogens is 1. The van der Waals surface area contributed by atoms with Crippen molar-refractivity contribution in [2.75, 3.05) is 39.5 Å². The number of ether oxygens (including phenoxy) is 1. The molecule has 2 rings (SSSR count). The monoisotopic (exact) mass is 267 g/mol. The molecule has 1 aromatic rings. The maximum Gasteiger partial charge on any atom is 0.123 e. The summed E-state index contributed by atoms with van der Waals surface area (Å²) in [6, 6.07) is 6.90. The van der Waals surface area contributed by atoms with Crippen molar-refractivity contribution in [3.63, 3.8) is 0 Å². The van der Waals surface area contributed by atoms with Crippen LogP contribution in [0.4, 0.5) is 4.39 Å². The zero-order valence-corrected chi connectivity index (χ0v) is 11.2. The third-order valence-corrected chi connectivity index (χ3v) is 3.72. The molecule has 3 nitrogen and oxygen atoms in total. The molecule has 0 amide bonds. The highest BCUT2D eigenvalue weighted by atomic mass is 19.1. The van der Waals surface area contributed by atoms with E-state index < -0.39 is 0 Å². The average molecular weight is 267 g/mol. The Labute approximate surface area is 114 Å². The Kier molecular flexibility index (Phi) is 5.76. The first-order valence-corrected chi connectivity index (χ1v) is 6.96. The quantitative estimate of drug-likeness (QED) is 0.800. The van der Waals surface area contributed by atoms with Crippen LogP contribution in [0.1, 0.15) is 24.3 Å². The lowest BCUT2D eigenvalue weighted by molar-refractivity contribution is 0.0679. The highest BCUT2D eigenvalue weighted by Gasteiger charge is 2.20. The first kappa shape index (κ1) is 14.4. The Hall–Kier alpha value is -0.970. The fraction of sp³-hybridized carbons (Fsp3) is 0.600. The molecule has 1 aliphatic heterocycles. The van der Waals surface area contributed by atoms with E-state index in [-0.39, 0.29) is 12.4 Å². The number of likely N-dealkylation sites (tertiary alicyclic amines) is 1. The van der Waals surface area contributed by atoms with Crippen molar-refractivity contribution in [2.45, 2.75) is 18.8 Å². The van der Waals surface area contributed by atoms with Crippen LogP contribution in [0.3, 0.4) is 0 Å². The van der Waals surface area contributed by atoms with Gasteiger partial charge in [0.05, 0.1) is 19.8 Å². The van der Waals surface area contributed by atoms with E-state index >= 15 is 0 Å². The topological polar surface area (TPSA) is 32.7 Å². The van der Waals surface area contributed by atoms with E-state index in [4.69, 9.17) is 9.84 Å². The fourth-order valence-corrected chi connectivity index (χ4v) is 2.59. The second kappa shape index (κ2) is 7.58. The Morgan fingerprint density at radius 3 is 2.47 bits per heavy atom. The number of aliphatic hydroxyl groups is 1. The van der Waals surface area contributed by atoms with Crippen LogP contribution in [-0.4, -0.2) is 49.5 Å². The van der Waals surface area contributed by atoms with Crippen molar-refractivity contribution in [3.05, 3.63) is 35.6 Å². The van der Waals surface area contributed by atoms with Gasteiger partial charge in [0.25, 0.3) is 0 Å². The van der Waals surface area contributed by atoms with E-state index in [9.17, 15) is 4.39 Å². The zero-order valence-electron chi connectivity index (χ0n) is 11.2. The van der Waals surface area contributed by atoms with E-state index in [1.54, 1.807) is 12.1 Å². The van der Waals surface area contributed by atoms with Crippen molar-refractivity contribution in [3.8, 4) is 0 Å². The highest BCUT2D eigenvalue weighted by molar-refractivity contribution is 5.21. The van der Waals surface area contributed by atoms with Crippen LogP contribution < -0.4 is 0 Å². The van der Waals surface area contributed by atoms with Gasteiger partial charge in [-0.05, 0) is 49.5 Å². The summed E-state index contributed by atoms with van der Waals surface area (Å²) >= 11 is 0.